The molecule has 1 aliphatic rings. The zero-order valence-electron chi connectivity index (χ0n) is 14.0. The van der Waals surface area contributed by atoms with E-state index in [1.54, 1.807) is 0 Å². The second-order valence-electron chi connectivity index (χ2n) is 5.74. The highest BCUT2D eigenvalue weighted by Crippen LogP contribution is 2.29. The van der Waals surface area contributed by atoms with Gasteiger partial charge >= 0.3 is 0 Å². The van der Waals surface area contributed by atoms with Gasteiger partial charge in [-0.2, -0.15) is 17.0 Å². The molecule has 0 amide bonds. The van der Waals surface area contributed by atoms with E-state index in [4.69, 9.17) is 5.26 Å². The minimum atomic E-state index is 0.526. The molecule has 1 saturated carbocycles. The Hall–Kier alpha value is -1.67. The van der Waals surface area contributed by atoms with Crippen LogP contribution in [0.5, 0.6) is 0 Å². The summed E-state index contributed by atoms with van der Waals surface area (Å²) in [5.74, 6) is 2.09. The van der Waals surface area contributed by atoms with Crippen molar-refractivity contribution in [3.05, 3.63) is 35.4 Å². The monoisotopic (exact) mass is 330 g/mol. The van der Waals surface area contributed by atoms with Gasteiger partial charge in [-0.05, 0) is 49.6 Å². The summed E-state index contributed by atoms with van der Waals surface area (Å²) in [7, 11) is 0. The molecule has 1 aliphatic carbocycles. The highest BCUT2D eigenvalue weighted by atomic mass is 32.2. The van der Waals surface area contributed by atoms with Crippen molar-refractivity contribution in [3.8, 4) is 6.07 Å². The van der Waals surface area contributed by atoms with E-state index in [1.165, 1.54) is 25.0 Å². The summed E-state index contributed by atoms with van der Waals surface area (Å²) in [6, 6.07) is 10.3. The average molecular weight is 331 g/mol. The molecule has 2 unspecified atom stereocenters. The van der Waals surface area contributed by atoms with E-state index in [0.717, 1.165) is 23.3 Å². The van der Waals surface area contributed by atoms with Crippen LogP contribution in [0.25, 0.3) is 0 Å². The average Bonchev–Trinajstić information content (AvgIpc) is 3.01. The minimum Gasteiger partial charge on any atom is -0.357 e. The fourth-order valence-electron chi connectivity index (χ4n) is 2.83. The quantitative estimate of drug-likeness (QED) is 0.621. The van der Waals surface area contributed by atoms with Gasteiger partial charge < -0.3 is 10.6 Å². The van der Waals surface area contributed by atoms with E-state index in [1.807, 2.05) is 24.3 Å². The van der Waals surface area contributed by atoms with Crippen molar-refractivity contribution < 1.29 is 0 Å². The molecule has 0 aromatic heterocycles. The van der Waals surface area contributed by atoms with Crippen LogP contribution < -0.4 is 10.6 Å². The molecular weight excluding hydrogens is 304 g/mol. The van der Waals surface area contributed by atoms with Crippen molar-refractivity contribution in [2.45, 2.75) is 50.9 Å². The number of guanidine groups is 1. The second kappa shape index (κ2) is 9.46. The summed E-state index contributed by atoms with van der Waals surface area (Å²) in [5, 5.41) is 16.5. The standard InChI is InChI=1S/C18H26N4S/c1-3-20-18(22-16-9-10-17(11-16)23-4-2)21-13-15-7-5-14(12-19)6-8-15/h5-8,16-17H,3-4,9-11,13H2,1-2H3,(H2,20,21,22). The fraction of sp³-hybridized carbons (Fsp3) is 0.556. The molecule has 23 heavy (non-hydrogen) atoms. The number of hydrogen-bond acceptors (Lipinski definition) is 3. The fourth-order valence-corrected chi connectivity index (χ4v) is 3.97. The van der Waals surface area contributed by atoms with Crippen LogP contribution in [0, 0.1) is 11.3 Å². The molecule has 4 nitrogen and oxygen atoms in total. The van der Waals surface area contributed by atoms with Gasteiger partial charge in [-0.1, -0.05) is 19.1 Å². The van der Waals surface area contributed by atoms with Crippen LogP contribution >= 0.6 is 11.8 Å². The summed E-state index contributed by atoms with van der Waals surface area (Å²) in [6.07, 6.45) is 3.74. The zero-order chi connectivity index (χ0) is 16.5. The van der Waals surface area contributed by atoms with Gasteiger partial charge in [0.05, 0.1) is 18.2 Å². The van der Waals surface area contributed by atoms with Crippen molar-refractivity contribution in [2.24, 2.45) is 4.99 Å². The molecular formula is C18H26N4S. The van der Waals surface area contributed by atoms with Crippen LogP contribution in [0.2, 0.25) is 0 Å². The molecule has 0 bridgehead atoms. The van der Waals surface area contributed by atoms with Gasteiger partial charge in [0.25, 0.3) is 0 Å². The normalized spacial score (nSPS) is 21.0. The summed E-state index contributed by atoms with van der Waals surface area (Å²) >= 11 is 2.07. The van der Waals surface area contributed by atoms with E-state index in [2.05, 4.69) is 47.3 Å². The molecule has 5 heteroatoms. The molecule has 2 rings (SSSR count). The molecule has 0 spiro atoms. The van der Waals surface area contributed by atoms with Gasteiger partial charge in [-0.25, -0.2) is 4.99 Å². The number of nitrogens with zero attached hydrogens (tertiary/aromatic N) is 2. The maximum absolute atomic E-state index is 8.84. The summed E-state index contributed by atoms with van der Waals surface area (Å²) in [5.41, 5.74) is 1.81. The Bertz CT molecular complexity index is 547. The predicted octanol–water partition coefficient (Wildman–Crippen LogP) is 3.29. The van der Waals surface area contributed by atoms with Gasteiger partial charge in [0.15, 0.2) is 5.96 Å². The number of nitriles is 1. The van der Waals surface area contributed by atoms with Gasteiger partial charge in [0.2, 0.25) is 0 Å². The van der Waals surface area contributed by atoms with Crippen LogP contribution in [0.3, 0.4) is 0 Å². The van der Waals surface area contributed by atoms with E-state index in [-0.39, 0.29) is 0 Å². The lowest BCUT2D eigenvalue weighted by atomic mass is 10.1. The molecule has 1 aromatic carbocycles. The van der Waals surface area contributed by atoms with Gasteiger partial charge in [0, 0.05) is 17.8 Å². The topological polar surface area (TPSA) is 60.2 Å². The lowest BCUT2D eigenvalue weighted by Crippen LogP contribution is -2.42. The van der Waals surface area contributed by atoms with Crippen LogP contribution in [0.1, 0.15) is 44.2 Å². The summed E-state index contributed by atoms with van der Waals surface area (Å²) in [4.78, 5) is 4.68. The third-order valence-corrected chi connectivity index (χ3v) is 5.21. The molecule has 0 saturated heterocycles. The Morgan fingerprint density at radius 1 is 1.30 bits per heavy atom. The molecule has 1 fully saturated rings. The Kier molecular flexibility index (Phi) is 7.28. The Labute approximate surface area is 143 Å². The highest BCUT2D eigenvalue weighted by Gasteiger charge is 2.24. The lowest BCUT2D eigenvalue weighted by Gasteiger charge is -2.17. The molecule has 0 aliphatic heterocycles. The number of nitrogens with one attached hydrogen (secondary N) is 2. The molecule has 2 N–H and O–H groups in total. The molecule has 124 valence electrons. The Morgan fingerprint density at radius 2 is 2.09 bits per heavy atom. The van der Waals surface area contributed by atoms with Gasteiger partial charge in [0.1, 0.15) is 0 Å². The summed E-state index contributed by atoms with van der Waals surface area (Å²) in [6.45, 7) is 5.80. The second-order valence-corrected chi connectivity index (χ2v) is 7.31. The maximum atomic E-state index is 8.84. The van der Waals surface area contributed by atoms with Crippen molar-refractivity contribution in [3.63, 3.8) is 0 Å². The molecule has 1 aromatic rings. The third kappa shape index (κ3) is 5.80. The first-order valence-corrected chi connectivity index (χ1v) is 9.45. The van der Waals surface area contributed by atoms with E-state index >= 15 is 0 Å². The van der Waals surface area contributed by atoms with Crippen molar-refractivity contribution in [1.82, 2.24) is 10.6 Å². The van der Waals surface area contributed by atoms with Gasteiger partial charge in [-0.15, -0.1) is 0 Å². The Balaban J connectivity index is 1.90. The first-order chi connectivity index (χ1) is 11.2. The molecule has 2 atom stereocenters. The SMILES string of the molecule is CCNC(=NCc1ccc(C#N)cc1)NC1CCC(SCC)C1. The van der Waals surface area contributed by atoms with E-state index in [0.29, 0.717) is 18.2 Å². The Morgan fingerprint density at radius 3 is 2.74 bits per heavy atom. The van der Waals surface area contributed by atoms with Crippen molar-refractivity contribution >= 4 is 17.7 Å². The van der Waals surface area contributed by atoms with Gasteiger partial charge in [-0.3, -0.25) is 0 Å². The molecule has 0 heterocycles. The zero-order valence-corrected chi connectivity index (χ0v) is 14.8. The van der Waals surface area contributed by atoms with Crippen molar-refractivity contribution in [1.29, 1.82) is 5.26 Å². The predicted molar refractivity (Wildman–Crippen MR) is 98.7 cm³/mol. The van der Waals surface area contributed by atoms with Crippen LogP contribution in [-0.4, -0.2) is 29.5 Å². The molecule has 0 radical (unpaired) electrons. The van der Waals surface area contributed by atoms with Crippen LogP contribution in [0.15, 0.2) is 29.3 Å². The lowest BCUT2D eigenvalue weighted by molar-refractivity contribution is 0.615. The first kappa shape index (κ1) is 17.7. The van der Waals surface area contributed by atoms with Crippen LogP contribution in [0.4, 0.5) is 0 Å². The highest BCUT2D eigenvalue weighted by molar-refractivity contribution is 7.99. The largest absolute Gasteiger partial charge is 0.357 e. The number of rotatable bonds is 6. The van der Waals surface area contributed by atoms with Crippen molar-refractivity contribution in [2.75, 3.05) is 12.3 Å². The number of hydrogen-bond donors (Lipinski definition) is 2. The number of thioether (sulfide) groups is 1. The number of benzene rings is 1. The van der Waals surface area contributed by atoms with E-state index < -0.39 is 0 Å². The minimum absolute atomic E-state index is 0.526. The van der Waals surface area contributed by atoms with E-state index in [9.17, 15) is 0 Å². The third-order valence-electron chi connectivity index (χ3n) is 3.97. The maximum Gasteiger partial charge on any atom is 0.191 e. The first-order valence-electron chi connectivity index (χ1n) is 8.40. The smallest absolute Gasteiger partial charge is 0.191 e. The number of aliphatic imine (C=N–C) groups is 1. The van der Waals surface area contributed by atoms with Crippen LogP contribution in [-0.2, 0) is 6.54 Å². The summed E-state index contributed by atoms with van der Waals surface area (Å²) < 4.78 is 0.